The van der Waals surface area contributed by atoms with E-state index < -0.39 is 5.54 Å². The van der Waals surface area contributed by atoms with E-state index in [0.29, 0.717) is 5.41 Å². The minimum absolute atomic E-state index is 0.109. The van der Waals surface area contributed by atoms with Crippen LogP contribution in [0.25, 0.3) is 0 Å². The maximum Gasteiger partial charge on any atom is 0.239 e. The molecule has 0 saturated heterocycles. The first-order valence-electron chi connectivity index (χ1n) is 5.93. The Morgan fingerprint density at radius 3 is 2.40 bits per heavy atom. The van der Waals surface area contributed by atoms with Crippen LogP contribution in [0.2, 0.25) is 0 Å². The molecule has 1 amide bonds. The fourth-order valence-electron chi connectivity index (χ4n) is 1.99. The number of nitrogens with one attached hydrogen (secondary N) is 2. The molecule has 0 bridgehead atoms. The van der Waals surface area contributed by atoms with Gasteiger partial charge in [0.1, 0.15) is 0 Å². The van der Waals surface area contributed by atoms with Crippen LogP contribution in [0.3, 0.4) is 0 Å². The van der Waals surface area contributed by atoms with Crippen LogP contribution in [0, 0.1) is 5.41 Å². The molecule has 2 N–H and O–H groups in total. The normalized spacial score (nSPS) is 19.5. The van der Waals surface area contributed by atoms with Gasteiger partial charge in [-0.1, -0.05) is 20.3 Å². The molecule has 0 spiro atoms. The first-order valence-corrected chi connectivity index (χ1v) is 5.93. The molecule has 88 valence electrons. The Morgan fingerprint density at radius 1 is 1.40 bits per heavy atom. The smallest absolute Gasteiger partial charge is 0.239 e. The Morgan fingerprint density at radius 2 is 2.00 bits per heavy atom. The highest BCUT2D eigenvalue weighted by molar-refractivity contribution is 5.85. The Labute approximate surface area is 93.0 Å². The molecule has 1 saturated carbocycles. The van der Waals surface area contributed by atoms with Gasteiger partial charge < -0.3 is 10.6 Å². The van der Waals surface area contributed by atoms with E-state index in [-0.39, 0.29) is 5.91 Å². The molecule has 0 unspecified atom stereocenters. The van der Waals surface area contributed by atoms with Crippen molar-refractivity contribution in [3.8, 4) is 0 Å². The van der Waals surface area contributed by atoms with Crippen LogP contribution in [-0.2, 0) is 4.79 Å². The van der Waals surface area contributed by atoms with E-state index in [0.717, 1.165) is 13.1 Å². The first kappa shape index (κ1) is 12.5. The van der Waals surface area contributed by atoms with Crippen molar-refractivity contribution in [2.45, 2.75) is 52.5 Å². The SMILES string of the molecule is CCNC(C)(C)C(=O)NCC1(C)CCC1. The van der Waals surface area contributed by atoms with Gasteiger partial charge >= 0.3 is 0 Å². The number of hydrogen-bond donors (Lipinski definition) is 2. The number of amides is 1. The minimum atomic E-state index is -0.450. The van der Waals surface area contributed by atoms with Gasteiger partial charge in [-0.2, -0.15) is 0 Å². The van der Waals surface area contributed by atoms with Crippen molar-refractivity contribution >= 4 is 5.91 Å². The fourth-order valence-corrected chi connectivity index (χ4v) is 1.99. The summed E-state index contributed by atoms with van der Waals surface area (Å²) in [6, 6.07) is 0. The third kappa shape index (κ3) is 3.20. The maximum atomic E-state index is 11.9. The molecule has 1 aliphatic rings. The lowest BCUT2D eigenvalue weighted by molar-refractivity contribution is -0.127. The summed E-state index contributed by atoms with van der Waals surface area (Å²) >= 11 is 0. The number of carbonyl (C=O) groups is 1. The van der Waals surface area contributed by atoms with Crippen molar-refractivity contribution in [1.29, 1.82) is 0 Å². The minimum Gasteiger partial charge on any atom is -0.354 e. The van der Waals surface area contributed by atoms with Gasteiger partial charge in [-0.05, 0) is 38.6 Å². The van der Waals surface area contributed by atoms with Crippen molar-refractivity contribution in [2.75, 3.05) is 13.1 Å². The molecule has 3 nitrogen and oxygen atoms in total. The van der Waals surface area contributed by atoms with Crippen molar-refractivity contribution in [3.63, 3.8) is 0 Å². The van der Waals surface area contributed by atoms with E-state index in [1.165, 1.54) is 19.3 Å². The number of hydrogen-bond acceptors (Lipinski definition) is 2. The second kappa shape index (κ2) is 4.52. The molecule has 0 atom stereocenters. The standard InChI is InChI=1S/C12H24N2O/c1-5-14-11(2,3)10(15)13-9-12(4)7-6-8-12/h14H,5-9H2,1-4H3,(H,13,15). The lowest BCUT2D eigenvalue weighted by Gasteiger charge is -2.39. The molecular weight excluding hydrogens is 188 g/mol. The predicted molar refractivity (Wildman–Crippen MR) is 62.7 cm³/mol. The van der Waals surface area contributed by atoms with Crippen LogP contribution in [0.5, 0.6) is 0 Å². The largest absolute Gasteiger partial charge is 0.354 e. The zero-order chi connectivity index (χ0) is 11.5. The Balaban J connectivity index is 2.34. The quantitative estimate of drug-likeness (QED) is 0.728. The second-order valence-electron chi connectivity index (χ2n) is 5.50. The molecule has 0 radical (unpaired) electrons. The van der Waals surface area contributed by atoms with Crippen molar-refractivity contribution in [3.05, 3.63) is 0 Å². The molecule has 1 aliphatic carbocycles. The van der Waals surface area contributed by atoms with E-state index in [2.05, 4.69) is 17.6 Å². The van der Waals surface area contributed by atoms with Gasteiger partial charge in [-0.3, -0.25) is 4.79 Å². The molecule has 0 heterocycles. The second-order valence-corrected chi connectivity index (χ2v) is 5.50. The van der Waals surface area contributed by atoms with Crippen LogP contribution >= 0.6 is 0 Å². The molecule has 0 aliphatic heterocycles. The van der Waals surface area contributed by atoms with E-state index in [4.69, 9.17) is 0 Å². The van der Waals surface area contributed by atoms with Gasteiger partial charge in [0.05, 0.1) is 5.54 Å². The molecule has 15 heavy (non-hydrogen) atoms. The molecule has 1 rings (SSSR count). The lowest BCUT2D eigenvalue weighted by atomic mass is 9.70. The first-order chi connectivity index (χ1) is 6.90. The summed E-state index contributed by atoms with van der Waals surface area (Å²) in [7, 11) is 0. The highest BCUT2D eigenvalue weighted by atomic mass is 16.2. The van der Waals surface area contributed by atoms with Gasteiger partial charge in [0.25, 0.3) is 0 Å². The lowest BCUT2D eigenvalue weighted by Crippen LogP contribution is -2.54. The van der Waals surface area contributed by atoms with E-state index in [1.54, 1.807) is 0 Å². The highest BCUT2D eigenvalue weighted by Crippen LogP contribution is 2.39. The monoisotopic (exact) mass is 212 g/mol. The van der Waals surface area contributed by atoms with Gasteiger partial charge in [0.15, 0.2) is 0 Å². The maximum absolute atomic E-state index is 11.9. The summed E-state index contributed by atoms with van der Waals surface area (Å²) in [6.07, 6.45) is 3.80. The molecule has 0 aromatic heterocycles. The summed E-state index contributed by atoms with van der Waals surface area (Å²) in [6.45, 7) is 9.75. The average Bonchev–Trinajstić information content (AvgIpc) is 2.11. The number of rotatable bonds is 5. The summed E-state index contributed by atoms with van der Waals surface area (Å²) in [5, 5.41) is 6.23. The van der Waals surface area contributed by atoms with Crippen molar-refractivity contribution in [2.24, 2.45) is 5.41 Å². The summed E-state index contributed by atoms with van der Waals surface area (Å²) < 4.78 is 0. The zero-order valence-electron chi connectivity index (χ0n) is 10.4. The molecule has 0 aromatic carbocycles. The third-order valence-electron chi connectivity index (χ3n) is 3.42. The van der Waals surface area contributed by atoms with E-state index in [1.807, 2.05) is 20.8 Å². The predicted octanol–water partition coefficient (Wildman–Crippen LogP) is 1.68. The van der Waals surface area contributed by atoms with Crippen LogP contribution in [0.1, 0.15) is 47.0 Å². The summed E-state index contributed by atoms with van der Waals surface area (Å²) in [5.74, 6) is 0.109. The molecule has 3 heteroatoms. The Bertz CT molecular complexity index is 232. The summed E-state index contributed by atoms with van der Waals surface area (Å²) in [5.41, 5.74) is -0.0905. The van der Waals surface area contributed by atoms with Gasteiger partial charge in [0, 0.05) is 6.54 Å². The average molecular weight is 212 g/mol. The fraction of sp³-hybridized carbons (Fsp3) is 0.917. The van der Waals surface area contributed by atoms with Crippen molar-refractivity contribution in [1.82, 2.24) is 10.6 Å². The molecule has 1 fully saturated rings. The van der Waals surface area contributed by atoms with E-state index in [9.17, 15) is 4.79 Å². The van der Waals surface area contributed by atoms with E-state index >= 15 is 0 Å². The van der Waals surface area contributed by atoms with Crippen LogP contribution < -0.4 is 10.6 Å². The third-order valence-corrected chi connectivity index (χ3v) is 3.42. The zero-order valence-corrected chi connectivity index (χ0v) is 10.4. The highest BCUT2D eigenvalue weighted by Gasteiger charge is 2.34. The summed E-state index contributed by atoms with van der Waals surface area (Å²) in [4.78, 5) is 11.9. The number of likely N-dealkylation sites (N-methyl/N-ethyl adjacent to an activating group) is 1. The van der Waals surface area contributed by atoms with Crippen LogP contribution in [0.15, 0.2) is 0 Å². The van der Waals surface area contributed by atoms with Gasteiger partial charge in [-0.15, -0.1) is 0 Å². The van der Waals surface area contributed by atoms with Crippen molar-refractivity contribution < 1.29 is 4.79 Å². The van der Waals surface area contributed by atoms with Gasteiger partial charge in [0.2, 0.25) is 5.91 Å². The topological polar surface area (TPSA) is 41.1 Å². The Hall–Kier alpha value is -0.570. The van der Waals surface area contributed by atoms with Crippen LogP contribution in [-0.4, -0.2) is 24.5 Å². The molecule has 0 aromatic rings. The molecular formula is C12H24N2O. The van der Waals surface area contributed by atoms with Gasteiger partial charge in [-0.25, -0.2) is 0 Å². The number of carbonyl (C=O) groups excluding carboxylic acids is 1. The Kier molecular flexibility index (Phi) is 3.77. The van der Waals surface area contributed by atoms with Crippen LogP contribution in [0.4, 0.5) is 0 Å².